The van der Waals surface area contributed by atoms with Gasteiger partial charge in [-0.15, -0.1) is 11.3 Å². The van der Waals surface area contributed by atoms with E-state index in [1.54, 1.807) is 12.1 Å². The number of sulfone groups is 1. The second-order valence-corrected chi connectivity index (χ2v) is 11.0. The summed E-state index contributed by atoms with van der Waals surface area (Å²) in [5.74, 6) is -0.756. The van der Waals surface area contributed by atoms with E-state index in [0.29, 0.717) is 35.3 Å². The van der Waals surface area contributed by atoms with E-state index in [0.717, 1.165) is 17.0 Å². The topological polar surface area (TPSA) is 102 Å². The lowest BCUT2D eigenvalue weighted by molar-refractivity contribution is -0.115. The molecule has 0 saturated carbocycles. The van der Waals surface area contributed by atoms with Crippen molar-refractivity contribution in [3.8, 4) is 5.75 Å². The number of carbonyl (C=O) groups excluding carboxylic acids is 2. The van der Waals surface area contributed by atoms with Crippen LogP contribution in [-0.4, -0.2) is 57.8 Å². The number of fused-ring (bicyclic) bond motifs is 1. The quantitative estimate of drug-likeness (QED) is 0.579. The Kier molecular flexibility index (Phi) is 7.58. The molecule has 0 atom stereocenters. The molecule has 174 valence electrons. The summed E-state index contributed by atoms with van der Waals surface area (Å²) in [4.78, 5) is 28.5. The standard InChI is InChI=1S/C22H28N2O6S2/c1-14(2)24-11-9-17-18(13-24)31-21(20(17)22(26)30-4)23-19(25)10-12-32(27,28)16-7-5-15(29-3)6-8-16/h5-8,14H,9-13H2,1-4H3,(H,23,25). The van der Waals surface area contributed by atoms with Crippen LogP contribution in [0.5, 0.6) is 5.75 Å². The van der Waals surface area contributed by atoms with Gasteiger partial charge < -0.3 is 14.8 Å². The number of thiophene rings is 1. The third-order valence-corrected chi connectivity index (χ3v) is 8.34. The molecule has 2 aromatic rings. The fourth-order valence-electron chi connectivity index (χ4n) is 3.59. The summed E-state index contributed by atoms with van der Waals surface area (Å²) < 4.78 is 35.1. The number of methoxy groups -OCH3 is 2. The summed E-state index contributed by atoms with van der Waals surface area (Å²) in [7, 11) is -0.827. The summed E-state index contributed by atoms with van der Waals surface area (Å²) in [6.45, 7) is 5.75. The van der Waals surface area contributed by atoms with Crippen molar-refractivity contribution in [3.05, 3.63) is 40.3 Å². The van der Waals surface area contributed by atoms with Crippen molar-refractivity contribution in [3.63, 3.8) is 0 Å². The Morgan fingerprint density at radius 2 is 1.88 bits per heavy atom. The van der Waals surface area contributed by atoms with Crippen LogP contribution in [0.3, 0.4) is 0 Å². The van der Waals surface area contributed by atoms with E-state index < -0.39 is 21.7 Å². The predicted molar refractivity (Wildman–Crippen MR) is 123 cm³/mol. The zero-order valence-electron chi connectivity index (χ0n) is 18.6. The second-order valence-electron chi connectivity index (χ2n) is 7.81. The van der Waals surface area contributed by atoms with Gasteiger partial charge in [-0.1, -0.05) is 0 Å². The molecule has 0 spiro atoms. The number of rotatable bonds is 8. The smallest absolute Gasteiger partial charge is 0.341 e. The number of carbonyl (C=O) groups is 2. The lowest BCUT2D eigenvalue weighted by atomic mass is 10.0. The lowest BCUT2D eigenvalue weighted by Gasteiger charge is -2.30. The normalized spacial score (nSPS) is 14.2. The number of nitrogens with one attached hydrogen (secondary N) is 1. The van der Waals surface area contributed by atoms with Crippen LogP contribution in [0, 0.1) is 0 Å². The molecule has 10 heteroatoms. The third kappa shape index (κ3) is 5.31. The highest BCUT2D eigenvalue weighted by Crippen LogP contribution is 2.38. The SMILES string of the molecule is COC(=O)c1c(NC(=O)CCS(=O)(=O)c2ccc(OC)cc2)sc2c1CCN(C(C)C)C2. The Bertz CT molecular complexity index is 1090. The van der Waals surface area contributed by atoms with E-state index in [4.69, 9.17) is 9.47 Å². The van der Waals surface area contributed by atoms with Crippen LogP contribution in [0.1, 0.15) is 41.1 Å². The second kappa shape index (κ2) is 10.0. The van der Waals surface area contributed by atoms with E-state index >= 15 is 0 Å². The summed E-state index contributed by atoms with van der Waals surface area (Å²) in [6.07, 6.45) is 0.464. The van der Waals surface area contributed by atoms with Crippen LogP contribution in [-0.2, 0) is 32.3 Å². The van der Waals surface area contributed by atoms with Gasteiger partial charge in [0.15, 0.2) is 9.84 Å². The van der Waals surface area contributed by atoms with Gasteiger partial charge >= 0.3 is 5.97 Å². The van der Waals surface area contributed by atoms with E-state index in [2.05, 4.69) is 24.1 Å². The first-order valence-corrected chi connectivity index (χ1v) is 12.8. The summed E-state index contributed by atoms with van der Waals surface area (Å²) in [6, 6.07) is 6.40. The first-order valence-electron chi connectivity index (χ1n) is 10.3. The fourth-order valence-corrected chi connectivity index (χ4v) is 6.11. The maximum Gasteiger partial charge on any atom is 0.341 e. The maximum atomic E-state index is 12.6. The zero-order valence-corrected chi connectivity index (χ0v) is 20.3. The van der Waals surface area contributed by atoms with Crippen molar-refractivity contribution in [1.82, 2.24) is 4.90 Å². The molecule has 8 nitrogen and oxygen atoms in total. The molecule has 0 aliphatic carbocycles. The largest absolute Gasteiger partial charge is 0.497 e. The van der Waals surface area contributed by atoms with Crippen LogP contribution in [0.25, 0.3) is 0 Å². The molecule has 1 aliphatic heterocycles. The molecular weight excluding hydrogens is 452 g/mol. The number of benzene rings is 1. The Morgan fingerprint density at radius 1 is 1.19 bits per heavy atom. The van der Waals surface area contributed by atoms with Gasteiger partial charge in [0.05, 0.1) is 30.4 Å². The summed E-state index contributed by atoms with van der Waals surface area (Å²) in [5.41, 5.74) is 1.28. The van der Waals surface area contributed by atoms with Gasteiger partial charge in [0, 0.05) is 30.4 Å². The highest BCUT2D eigenvalue weighted by Gasteiger charge is 2.30. The molecular formula is C22H28N2O6S2. The van der Waals surface area contributed by atoms with Crippen LogP contribution in [0.2, 0.25) is 0 Å². The molecule has 0 bridgehead atoms. The van der Waals surface area contributed by atoms with Gasteiger partial charge in [0.2, 0.25) is 5.91 Å². The molecule has 3 rings (SSSR count). The van der Waals surface area contributed by atoms with Gasteiger partial charge in [0.25, 0.3) is 0 Å². The molecule has 0 fully saturated rings. The van der Waals surface area contributed by atoms with Gasteiger partial charge in [-0.2, -0.15) is 0 Å². The Labute approximate surface area is 192 Å². The number of hydrogen-bond acceptors (Lipinski definition) is 8. The molecule has 0 saturated heterocycles. The molecule has 1 amide bonds. The van der Waals surface area contributed by atoms with Crippen molar-refractivity contribution in [2.24, 2.45) is 0 Å². The predicted octanol–water partition coefficient (Wildman–Crippen LogP) is 3.11. The van der Waals surface area contributed by atoms with Gasteiger partial charge in [-0.25, -0.2) is 13.2 Å². The van der Waals surface area contributed by atoms with E-state index in [9.17, 15) is 18.0 Å². The molecule has 32 heavy (non-hydrogen) atoms. The van der Waals surface area contributed by atoms with Crippen molar-refractivity contribution in [2.45, 2.75) is 44.2 Å². The van der Waals surface area contributed by atoms with E-state index in [1.165, 1.54) is 37.7 Å². The van der Waals surface area contributed by atoms with E-state index in [-0.39, 0.29) is 17.1 Å². The molecule has 1 aliphatic rings. The third-order valence-electron chi connectivity index (χ3n) is 5.48. The number of nitrogens with zero attached hydrogens (tertiary/aromatic N) is 1. The van der Waals surface area contributed by atoms with Crippen LogP contribution < -0.4 is 10.1 Å². The maximum absolute atomic E-state index is 12.6. The minimum Gasteiger partial charge on any atom is -0.497 e. The molecule has 0 unspecified atom stereocenters. The number of esters is 1. The van der Waals surface area contributed by atoms with Crippen molar-refractivity contribution in [1.29, 1.82) is 0 Å². The average Bonchev–Trinajstić information content (AvgIpc) is 3.14. The number of ether oxygens (including phenoxy) is 2. The van der Waals surface area contributed by atoms with Gasteiger partial charge in [0.1, 0.15) is 10.8 Å². The summed E-state index contributed by atoms with van der Waals surface area (Å²) in [5, 5.41) is 3.16. The first kappa shape index (κ1) is 24.2. The Hall–Kier alpha value is -2.43. The number of amides is 1. The fraction of sp³-hybridized carbons (Fsp3) is 0.455. The van der Waals surface area contributed by atoms with Crippen LogP contribution in [0.15, 0.2) is 29.2 Å². The van der Waals surface area contributed by atoms with Crippen molar-refractivity contribution >= 4 is 38.1 Å². The summed E-state index contributed by atoms with van der Waals surface area (Å²) >= 11 is 1.35. The highest BCUT2D eigenvalue weighted by molar-refractivity contribution is 7.91. The van der Waals surface area contributed by atoms with E-state index in [1.807, 2.05) is 0 Å². The Balaban J connectivity index is 1.73. The average molecular weight is 481 g/mol. The molecule has 1 aromatic heterocycles. The van der Waals surface area contributed by atoms with Crippen molar-refractivity contribution in [2.75, 3.05) is 31.8 Å². The molecule has 0 radical (unpaired) electrons. The zero-order chi connectivity index (χ0) is 23.5. The monoisotopic (exact) mass is 480 g/mol. The molecule has 1 N–H and O–H groups in total. The Morgan fingerprint density at radius 3 is 2.47 bits per heavy atom. The van der Waals surface area contributed by atoms with Crippen LogP contribution in [0.4, 0.5) is 5.00 Å². The molecule has 1 aromatic carbocycles. The van der Waals surface area contributed by atoms with Gasteiger partial charge in [-0.3, -0.25) is 9.69 Å². The number of anilines is 1. The first-order chi connectivity index (χ1) is 15.2. The lowest BCUT2D eigenvalue weighted by Crippen LogP contribution is -2.35. The minimum absolute atomic E-state index is 0.127. The number of hydrogen-bond donors (Lipinski definition) is 1. The molecule has 2 heterocycles. The van der Waals surface area contributed by atoms with Gasteiger partial charge in [-0.05, 0) is 50.1 Å². The highest BCUT2D eigenvalue weighted by atomic mass is 32.2. The minimum atomic E-state index is -3.63. The van der Waals surface area contributed by atoms with Crippen LogP contribution >= 0.6 is 11.3 Å². The van der Waals surface area contributed by atoms with Crippen molar-refractivity contribution < 1.29 is 27.5 Å².